The lowest BCUT2D eigenvalue weighted by Gasteiger charge is -2.62. The van der Waals surface area contributed by atoms with Crippen molar-refractivity contribution in [3.05, 3.63) is 46.0 Å². The van der Waals surface area contributed by atoms with Gasteiger partial charge in [-0.3, -0.25) is 0 Å². The summed E-state index contributed by atoms with van der Waals surface area (Å²) in [4.78, 5) is 11.6. The van der Waals surface area contributed by atoms with Crippen LogP contribution in [0.5, 0.6) is 0 Å². The van der Waals surface area contributed by atoms with Crippen LogP contribution in [0.2, 0.25) is 0 Å². The minimum atomic E-state index is -1.64. The molecule has 3 heterocycles. The van der Waals surface area contributed by atoms with Crippen molar-refractivity contribution in [3.63, 3.8) is 0 Å². The third-order valence-electron chi connectivity index (χ3n) is 13.6. The van der Waals surface area contributed by atoms with E-state index in [1.54, 1.807) is 6.26 Å². The zero-order valence-electron chi connectivity index (χ0n) is 28.3. The second kappa shape index (κ2) is 13.0. The standard InChI is InChI=1S/C36H52O13/c1-17-26(39)27(40)29(42)32(46-17)49-31-24(15-37)48-33(30(43)28(31)41)47-20-8-11-34(2)19(14-20)5-6-23-22(34)9-12-35(3)21(10-13-36(23,35)44)18-4-7-25(38)45-16-18/h4,7,14,16-17,20-24,26-33,37,39-44H,5-6,8-13,15H2,1-3H3. The Bertz CT molecular complexity index is 1430. The molecular weight excluding hydrogens is 640 g/mol. The summed E-state index contributed by atoms with van der Waals surface area (Å²) in [7, 11) is 0. The summed E-state index contributed by atoms with van der Waals surface area (Å²) >= 11 is 0. The molecule has 13 heteroatoms. The summed E-state index contributed by atoms with van der Waals surface area (Å²) in [6, 6.07) is 3.31. The number of hydrogen-bond donors (Lipinski definition) is 7. The maximum atomic E-state index is 12.5. The van der Waals surface area contributed by atoms with Crippen LogP contribution in [-0.2, 0) is 18.9 Å². The molecule has 0 radical (unpaired) electrons. The van der Waals surface area contributed by atoms with Gasteiger partial charge < -0.3 is 59.1 Å². The average molecular weight is 693 g/mol. The summed E-state index contributed by atoms with van der Waals surface area (Å²) in [5.41, 5.74) is 0.574. The van der Waals surface area contributed by atoms with E-state index in [2.05, 4.69) is 19.9 Å². The molecule has 2 aliphatic heterocycles. The van der Waals surface area contributed by atoms with Crippen molar-refractivity contribution in [1.82, 2.24) is 0 Å². The van der Waals surface area contributed by atoms with Gasteiger partial charge in [-0.05, 0) is 93.1 Å². The van der Waals surface area contributed by atoms with E-state index >= 15 is 0 Å². The number of ether oxygens (including phenoxy) is 4. The summed E-state index contributed by atoms with van der Waals surface area (Å²) in [5, 5.41) is 75.3. The van der Waals surface area contributed by atoms with Crippen LogP contribution in [0.1, 0.15) is 83.6 Å². The van der Waals surface area contributed by atoms with E-state index in [0.717, 1.165) is 44.1 Å². The quantitative estimate of drug-likeness (QED) is 0.207. The summed E-state index contributed by atoms with van der Waals surface area (Å²) in [6.45, 7) is 5.41. The van der Waals surface area contributed by atoms with Gasteiger partial charge in [-0.25, -0.2) is 4.79 Å². The fourth-order valence-corrected chi connectivity index (χ4v) is 10.7. The van der Waals surface area contributed by atoms with Gasteiger partial charge in [0.05, 0.1) is 30.7 Å². The Hall–Kier alpha value is -1.75. The van der Waals surface area contributed by atoms with E-state index in [1.165, 1.54) is 18.6 Å². The van der Waals surface area contributed by atoms with Crippen LogP contribution in [0.3, 0.4) is 0 Å². The van der Waals surface area contributed by atoms with Gasteiger partial charge in [0.1, 0.15) is 42.7 Å². The van der Waals surface area contributed by atoms with E-state index in [1.807, 2.05) is 6.07 Å². The van der Waals surface area contributed by atoms with Gasteiger partial charge in [-0.2, -0.15) is 0 Å². The highest BCUT2D eigenvalue weighted by Crippen LogP contribution is 2.70. The van der Waals surface area contributed by atoms with E-state index in [-0.39, 0.29) is 34.2 Å². The first kappa shape index (κ1) is 35.6. The van der Waals surface area contributed by atoms with Gasteiger partial charge in [-0.15, -0.1) is 0 Å². The van der Waals surface area contributed by atoms with Crippen molar-refractivity contribution in [2.75, 3.05) is 6.61 Å². The first-order valence-electron chi connectivity index (χ1n) is 17.9. The Labute approximate surface area is 285 Å². The SMILES string of the molecule is CC1OC(OC2C(CO)OC(OC3C=C4CCC5C(CCC6(C)C(c7ccc(=O)oc7)CCC56O)C4(C)CC3)C(O)C2O)C(O)C(O)C1O. The molecule has 4 aliphatic carbocycles. The topological polar surface area (TPSA) is 209 Å². The number of allylic oxidation sites excluding steroid dienone is 1. The fraction of sp³-hybridized carbons (Fsp3) is 0.806. The summed E-state index contributed by atoms with van der Waals surface area (Å²) < 4.78 is 28.6. The maximum Gasteiger partial charge on any atom is 0.335 e. The molecule has 0 aromatic carbocycles. The Morgan fingerprint density at radius 1 is 0.837 bits per heavy atom. The van der Waals surface area contributed by atoms with E-state index < -0.39 is 79.7 Å². The Kier molecular flexibility index (Phi) is 9.48. The van der Waals surface area contributed by atoms with Gasteiger partial charge in [-0.1, -0.05) is 25.5 Å². The molecule has 0 bridgehead atoms. The monoisotopic (exact) mass is 692 g/mol. The number of aliphatic hydroxyl groups is 7. The van der Waals surface area contributed by atoms with Gasteiger partial charge in [0.25, 0.3) is 0 Å². The normalized spacial score (nSPS) is 51.3. The van der Waals surface area contributed by atoms with Crippen molar-refractivity contribution in [1.29, 1.82) is 0 Å². The molecular formula is C36H52O13. The fourth-order valence-electron chi connectivity index (χ4n) is 10.7. The Morgan fingerprint density at radius 3 is 2.29 bits per heavy atom. The average Bonchev–Trinajstić information content (AvgIpc) is 3.37. The minimum Gasteiger partial charge on any atom is -0.431 e. The predicted octanol–water partition coefficient (Wildman–Crippen LogP) is 0.838. The number of rotatable bonds is 6. The molecule has 7 N–H and O–H groups in total. The van der Waals surface area contributed by atoms with Crippen molar-refractivity contribution < 1.29 is 59.1 Å². The van der Waals surface area contributed by atoms with Crippen molar-refractivity contribution >= 4 is 0 Å². The molecule has 7 rings (SSSR count). The highest BCUT2D eigenvalue weighted by molar-refractivity contribution is 5.31. The van der Waals surface area contributed by atoms with Crippen LogP contribution in [-0.4, -0.2) is 115 Å². The summed E-state index contributed by atoms with van der Waals surface area (Å²) in [5.74, 6) is 0.533. The second-order valence-corrected chi connectivity index (χ2v) is 15.9. The van der Waals surface area contributed by atoms with E-state index in [9.17, 15) is 40.5 Å². The van der Waals surface area contributed by atoms with E-state index in [4.69, 9.17) is 23.4 Å². The highest BCUT2D eigenvalue weighted by Gasteiger charge is 2.67. The molecule has 49 heavy (non-hydrogen) atoms. The molecule has 5 fully saturated rings. The first-order chi connectivity index (χ1) is 23.2. The van der Waals surface area contributed by atoms with Gasteiger partial charge in [0.2, 0.25) is 0 Å². The minimum absolute atomic E-state index is 0.116. The lowest BCUT2D eigenvalue weighted by Crippen LogP contribution is -2.64. The van der Waals surface area contributed by atoms with Crippen molar-refractivity contribution in [2.24, 2.45) is 22.7 Å². The van der Waals surface area contributed by atoms with E-state index in [0.29, 0.717) is 12.8 Å². The lowest BCUT2D eigenvalue weighted by atomic mass is 9.45. The molecule has 3 saturated carbocycles. The molecule has 1 aromatic rings. The molecule has 17 unspecified atom stereocenters. The molecule has 2 saturated heterocycles. The van der Waals surface area contributed by atoms with Crippen LogP contribution in [0.15, 0.2) is 39.3 Å². The van der Waals surface area contributed by atoms with Crippen LogP contribution < -0.4 is 5.63 Å². The zero-order chi connectivity index (χ0) is 35.0. The molecule has 13 nitrogen and oxygen atoms in total. The maximum absolute atomic E-state index is 12.5. The number of hydrogen-bond acceptors (Lipinski definition) is 13. The largest absolute Gasteiger partial charge is 0.431 e. The van der Waals surface area contributed by atoms with Crippen molar-refractivity contribution in [3.8, 4) is 0 Å². The number of aliphatic hydroxyl groups excluding tert-OH is 6. The Morgan fingerprint density at radius 2 is 1.57 bits per heavy atom. The third kappa shape index (κ3) is 5.68. The van der Waals surface area contributed by atoms with Crippen LogP contribution in [0.4, 0.5) is 0 Å². The van der Waals surface area contributed by atoms with Crippen molar-refractivity contribution in [2.45, 2.75) is 151 Å². The Balaban J connectivity index is 1.03. The molecule has 0 spiro atoms. The first-order valence-corrected chi connectivity index (χ1v) is 17.9. The predicted molar refractivity (Wildman–Crippen MR) is 171 cm³/mol. The molecule has 1 aromatic heterocycles. The van der Waals surface area contributed by atoms with Crippen LogP contribution in [0.25, 0.3) is 0 Å². The van der Waals surface area contributed by atoms with Crippen LogP contribution in [0, 0.1) is 22.7 Å². The van der Waals surface area contributed by atoms with Gasteiger partial charge >= 0.3 is 5.63 Å². The molecule has 274 valence electrons. The summed E-state index contributed by atoms with van der Waals surface area (Å²) in [6.07, 6.45) is -3.99. The third-order valence-corrected chi connectivity index (χ3v) is 13.6. The second-order valence-electron chi connectivity index (χ2n) is 15.9. The lowest BCUT2D eigenvalue weighted by molar-refractivity contribution is -0.359. The highest BCUT2D eigenvalue weighted by atomic mass is 16.7. The molecule has 17 atom stereocenters. The molecule has 0 amide bonds. The zero-order valence-corrected chi connectivity index (χ0v) is 28.3. The smallest absolute Gasteiger partial charge is 0.335 e. The van der Waals surface area contributed by atoms with Crippen LogP contribution >= 0.6 is 0 Å². The molecule has 6 aliphatic rings. The number of fused-ring (bicyclic) bond motifs is 5. The van der Waals surface area contributed by atoms with Gasteiger partial charge in [0.15, 0.2) is 12.6 Å². The van der Waals surface area contributed by atoms with Gasteiger partial charge in [0, 0.05) is 11.5 Å².